The number of benzene rings is 2. The average Bonchev–Trinajstić information content (AvgIpc) is 2.97. The summed E-state index contributed by atoms with van der Waals surface area (Å²) in [7, 11) is 5.43. The van der Waals surface area contributed by atoms with Crippen LogP contribution in [0.3, 0.4) is 0 Å². The Morgan fingerprint density at radius 2 is 1.96 bits per heavy atom. The number of aliphatic hydroxyl groups is 1. The number of anilines is 1. The zero-order valence-electron chi connectivity index (χ0n) is 28.0. The van der Waals surface area contributed by atoms with Gasteiger partial charge in [-0.05, 0) is 84.5 Å². The van der Waals surface area contributed by atoms with Crippen LogP contribution in [0.2, 0.25) is 0 Å². The number of aromatic nitrogens is 1. The molecule has 0 bridgehead atoms. The monoisotopic (exact) mass is 632 g/mol. The molecule has 1 aliphatic heterocycles. The molecule has 1 amide bonds. The number of aliphatic hydroxyl groups excluding tert-OH is 1. The maximum Gasteiger partial charge on any atom is 0.246 e. The molecule has 1 aliphatic carbocycles. The van der Waals surface area contributed by atoms with Crippen LogP contribution in [0.5, 0.6) is 5.75 Å². The van der Waals surface area contributed by atoms with Gasteiger partial charge in [-0.3, -0.25) is 4.79 Å². The van der Waals surface area contributed by atoms with E-state index in [1.807, 2.05) is 31.3 Å². The van der Waals surface area contributed by atoms with Gasteiger partial charge in [0.25, 0.3) is 0 Å². The van der Waals surface area contributed by atoms with Gasteiger partial charge in [0.15, 0.2) is 0 Å². The van der Waals surface area contributed by atoms with E-state index in [0.717, 1.165) is 60.4 Å². The van der Waals surface area contributed by atoms with Gasteiger partial charge in [0.1, 0.15) is 29.6 Å². The summed E-state index contributed by atoms with van der Waals surface area (Å²) in [5.41, 5.74) is 4.91. The van der Waals surface area contributed by atoms with Crippen LogP contribution in [0.1, 0.15) is 69.2 Å². The van der Waals surface area contributed by atoms with Crippen LogP contribution in [0.25, 0.3) is 11.1 Å². The lowest BCUT2D eigenvalue weighted by Crippen LogP contribution is -2.52. The minimum atomic E-state index is -0.937. The summed E-state index contributed by atoms with van der Waals surface area (Å²) in [5, 5.41) is 18.1. The van der Waals surface area contributed by atoms with E-state index < -0.39 is 12.1 Å². The second-order valence-corrected chi connectivity index (χ2v) is 14.4. The van der Waals surface area contributed by atoms with Crippen LogP contribution in [-0.2, 0) is 22.4 Å². The van der Waals surface area contributed by atoms with Crippen molar-refractivity contribution in [2.24, 2.45) is 5.41 Å². The van der Waals surface area contributed by atoms with E-state index in [1.165, 1.54) is 24.8 Å². The van der Waals surface area contributed by atoms with E-state index in [0.29, 0.717) is 5.56 Å². The number of amides is 1. The van der Waals surface area contributed by atoms with E-state index >= 15 is 0 Å². The summed E-state index contributed by atoms with van der Waals surface area (Å²) in [6.45, 7) is 6.83. The molecule has 9 heteroatoms. The standard InChI is InChI=1S/C37H49FN4O4/c1-36(2,3)20-25-16-28(26-11-14-39-33(19-26)42(4)5)35-29(17-25)31(21-37(46-35)12-8-13-37)40-22-32(43)30(41-34(44)23-45-6)18-24-9-7-10-27(38)15-24/h7,9-11,14-17,19,30-32,40,43H,8,12-13,18,20-23H2,1-6H3,(H,41,44)/t30-,31-,32-/m0/s1. The number of hydrogen-bond acceptors (Lipinski definition) is 7. The molecule has 2 aromatic carbocycles. The number of carbonyl (C=O) groups excluding carboxylic acids is 1. The Kier molecular flexibility index (Phi) is 10.3. The highest BCUT2D eigenvalue weighted by molar-refractivity contribution is 5.77. The number of ether oxygens (including phenoxy) is 2. The molecule has 0 radical (unpaired) electrons. The SMILES string of the molecule is COCC(=O)N[C@@H](Cc1cccc(F)c1)[C@@H](O)CN[C@H]1CC2(CCC2)Oc2c(-c3ccnc(N(C)C)c3)cc(CC(C)(C)C)cc21. The van der Waals surface area contributed by atoms with Crippen molar-refractivity contribution in [2.75, 3.05) is 39.3 Å². The summed E-state index contributed by atoms with van der Waals surface area (Å²) in [4.78, 5) is 19.1. The van der Waals surface area contributed by atoms with Crippen molar-refractivity contribution in [1.82, 2.24) is 15.6 Å². The van der Waals surface area contributed by atoms with Crippen molar-refractivity contribution in [1.29, 1.82) is 0 Å². The van der Waals surface area contributed by atoms with Crippen LogP contribution in [0, 0.1) is 11.2 Å². The van der Waals surface area contributed by atoms with Gasteiger partial charge in [0.05, 0.1) is 12.1 Å². The van der Waals surface area contributed by atoms with Gasteiger partial charge in [-0.2, -0.15) is 0 Å². The Hall–Kier alpha value is -3.53. The Morgan fingerprint density at radius 1 is 1.17 bits per heavy atom. The molecule has 248 valence electrons. The van der Waals surface area contributed by atoms with Crippen molar-refractivity contribution in [2.45, 2.75) is 83.1 Å². The average molecular weight is 633 g/mol. The number of pyridine rings is 1. The minimum absolute atomic E-state index is 0.0722. The van der Waals surface area contributed by atoms with Crippen LogP contribution in [0.4, 0.5) is 10.2 Å². The maximum absolute atomic E-state index is 14.0. The Morgan fingerprint density at radius 3 is 2.61 bits per heavy atom. The lowest BCUT2D eigenvalue weighted by molar-refractivity contribution is -0.126. The van der Waals surface area contributed by atoms with Gasteiger partial charge in [-0.1, -0.05) is 39.0 Å². The van der Waals surface area contributed by atoms with Gasteiger partial charge in [-0.15, -0.1) is 0 Å². The van der Waals surface area contributed by atoms with Gasteiger partial charge in [0.2, 0.25) is 5.91 Å². The zero-order chi connectivity index (χ0) is 33.1. The molecular weight excluding hydrogens is 583 g/mol. The van der Waals surface area contributed by atoms with Crippen LogP contribution in [-0.4, -0.2) is 68.1 Å². The maximum atomic E-state index is 14.0. The number of fused-ring (bicyclic) bond motifs is 1. The molecule has 3 N–H and O–H groups in total. The van der Waals surface area contributed by atoms with Gasteiger partial charge in [0, 0.05) is 57.5 Å². The largest absolute Gasteiger partial charge is 0.486 e. The fourth-order valence-corrected chi connectivity index (χ4v) is 6.63. The molecule has 2 heterocycles. The van der Waals surface area contributed by atoms with Gasteiger partial charge < -0.3 is 30.1 Å². The second kappa shape index (κ2) is 14.1. The lowest BCUT2D eigenvalue weighted by Gasteiger charge is -2.49. The van der Waals surface area contributed by atoms with Gasteiger partial charge in [-0.25, -0.2) is 9.37 Å². The molecule has 1 aromatic heterocycles. The van der Waals surface area contributed by atoms with Crippen molar-refractivity contribution in [3.05, 3.63) is 77.2 Å². The van der Waals surface area contributed by atoms with E-state index in [1.54, 1.807) is 12.1 Å². The van der Waals surface area contributed by atoms with Crippen molar-refractivity contribution in [3.8, 4) is 16.9 Å². The van der Waals surface area contributed by atoms with E-state index in [-0.39, 0.29) is 48.4 Å². The second-order valence-electron chi connectivity index (χ2n) is 14.4. The number of hydrogen-bond donors (Lipinski definition) is 3. The molecule has 1 fully saturated rings. The Bertz CT molecular complexity index is 1520. The first-order valence-electron chi connectivity index (χ1n) is 16.3. The number of rotatable bonds is 12. The molecule has 1 spiro atoms. The highest BCUT2D eigenvalue weighted by atomic mass is 19.1. The summed E-state index contributed by atoms with van der Waals surface area (Å²) in [6.07, 6.45) is 5.93. The molecule has 0 unspecified atom stereocenters. The highest BCUT2D eigenvalue weighted by Gasteiger charge is 2.46. The van der Waals surface area contributed by atoms with Crippen LogP contribution < -0.4 is 20.3 Å². The molecule has 0 saturated heterocycles. The van der Waals surface area contributed by atoms with Crippen LogP contribution in [0.15, 0.2) is 54.7 Å². The third-order valence-electron chi connectivity index (χ3n) is 8.97. The smallest absolute Gasteiger partial charge is 0.246 e. The van der Waals surface area contributed by atoms with E-state index in [2.05, 4.69) is 54.6 Å². The molecular formula is C37H49FN4O4. The first-order chi connectivity index (χ1) is 21.8. The number of nitrogens with zero attached hydrogens (tertiary/aromatic N) is 2. The van der Waals surface area contributed by atoms with Crippen molar-refractivity contribution in [3.63, 3.8) is 0 Å². The van der Waals surface area contributed by atoms with E-state index in [4.69, 9.17) is 9.47 Å². The molecule has 1 saturated carbocycles. The topological polar surface area (TPSA) is 96.0 Å². The lowest BCUT2D eigenvalue weighted by atomic mass is 9.72. The molecule has 2 aliphatic rings. The third kappa shape index (κ3) is 8.24. The van der Waals surface area contributed by atoms with Gasteiger partial charge >= 0.3 is 0 Å². The minimum Gasteiger partial charge on any atom is -0.486 e. The molecule has 3 atom stereocenters. The van der Waals surface area contributed by atoms with Crippen molar-refractivity contribution < 1.29 is 23.8 Å². The fourth-order valence-electron chi connectivity index (χ4n) is 6.63. The van der Waals surface area contributed by atoms with Crippen LogP contribution >= 0.6 is 0 Å². The number of methoxy groups -OCH3 is 1. The number of nitrogens with one attached hydrogen (secondary N) is 2. The Balaban J connectivity index is 1.48. The summed E-state index contributed by atoms with van der Waals surface area (Å²) in [6, 6.07) is 14.2. The molecule has 5 rings (SSSR count). The number of carbonyl (C=O) groups is 1. The predicted molar refractivity (Wildman–Crippen MR) is 180 cm³/mol. The third-order valence-corrected chi connectivity index (χ3v) is 8.97. The van der Waals surface area contributed by atoms with Crippen molar-refractivity contribution >= 4 is 11.7 Å². The first-order valence-corrected chi connectivity index (χ1v) is 16.3. The number of halogens is 1. The molecule has 3 aromatic rings. The molecule has 46 heavy (non-hydrogen) atoms. The first kappa shape index (κ1) is 33.8. The summed E-state index contributed by atoms with van der Waals surface area (Å²) < 4.78 is 25.9. The highest BCUT2D eigenvalue weighted by Crippen LogP contribution is 2.52. The zero-order valence-corrected chi connectivity index (χ0v) is 28.0. The molecule has 8 nitrogen and oxygen atoms in total. The predicted octanol–water partition coefficient (Wildman–Crippen LogP) is 5.61. The fraction of sp³-hybridized carbons (Fsp3) is 0.514. The quantitative estimate of drug-likeness (QED) is 0.239. The Labute approximate surface area is 272 Å². The van der Waals surface area contributed by atoms with E-state index in [9.17, 15) is 14.3 Å². The summed E-state index contributed by atoms with van der Waals surface area (Å²) >= 11 is 0. The normalized spacial score (nSPS) is 18.2. The summed E-state index contributed by atoms with van der Waals surface area (Å²) in [5.74, 6) is 1.07.